The average Bonchev–Trinajstić information content (AvgIpc) is 2.99. The second kappa shape index (κ2) is 5.98. The van der Waals surface area contributed by atoms with Crippen molar-refractivity contribution >= 4 is 10.0 Å². The first-order valence-electron chi connectivity index (χ1n) is 7.18. The van der Waals surface area contributed by atoms with Gasteiger partial charge in [0.1, 0.15) is 11.5 Å². The first kappa shape index (κ1) is 15.5. The maximum Gasteiger partial charge on any atom is 0.238 e. The molecule has 3 rings (SSSR count). The molecule has 5 nitrogen and oxygen atoms in total. The summed E-state index contributed by atoms with van der Waals surface area (Å²) in [7, 11) is -3.76. The minimum absolute atomic E-state index is 0.0669. The highest BCUT2D eigenvalue weighted by Gasteiger charge is 2.19. The number of aryl methyl sites for hydroxylation is 1. The Hall–Kier alpha value is -2.44. The molecule has 23 heavy (non-hydrogen) atoms. The number of benzene rings is 2. The van der Waals surface area contributed by atoms with Gasteiger partial charge in [-0.1, -0.05) is 54.5 Å². The van der Waals surface area contributed by atoms with E-state index in [9.17, 15) is 8.42 Å². The maximum atomic E-state index is 11.6. The van der Waals surface area contributed by atoms with Gasteiger partial charge in [-0.05, 0) is 17.7 Å². The lowest BCUT2D eigenvalue weighted by Crippen LogP contribution is -2.11. The largest absolute Gasteiger partial charge is 0.360 e. The summed E-state index contributed by atoms with van der Waals surface area (Å²) < 4.78 is 28.7. The molecule has 0 aliphatic carbocycles. The fraction of sp³-hybridized carbons (Fsp3) is 0.118. The van der Waals surface area contributed by atoms with E-state index < -0.39 is 10.0 Å². The number of rotatable bonds is 4. The van der Waals surface area contributed by atoms with Crippen molar-refractivity contribution in [2.45, 2.75) is 18.2 Å². The normalized spacial score (nSPS) is 11.6. The number of sulfonamides is 1. The standard InChI is InChI=1S/C17H16N2O3S/c1-2-15-16(13-9-6-10-14(11-13)23(18,20)21)17(19-22-15)12-7-4-3-5-8-12/h3-11H,2H2,1H3,(H2,18,20,21). The van der Waals surface area contributed by atoms with Crippen LogP contribution in [-0.4, -0.2) is 13.6 Å². The molecule has 0 aliphatic rings. The van der Waals surface area contributed by atoms with Gasteiger partial charge >= 0.3 is 0 Å². The average molecular weight is 328 g/mol. The molecule has 0 amide bonds. The van der Waals surface area contributed by atoms with E-state index in [0.717, 1.165) is 11.1 Å². The minimum Gasteiger partial charge on any atom is -0.360 e. The molecule has 1 aromatic heterocycles. The smallest absolute Gasteiger partial charge is 0.238 e. The molecule has 0 aliphatic heterocycles. The van der Waals surface area contributed by atoms with Crippen LogP contribution < -0.4 is 5.14 Å². The lowest BCUT2D eigenvalue weighted by Gasteiger charge is -2.06. The summed E-state index contributed by atoms with van der Waals surface area (Å²) in [6.07, 6.45) is 0.648. The first-order valence-corrected chi connectivity index (χ1v) is 8.72. The van der Waals surface area contributed by atoms with Crippen molar-refractivity contribution in [2.75, 3.05) is 0 Å². The summed E-state index contributed by atoms with van der Waals surface area (Å²) in [5, 5.41) is 9.40. The molecule has 2 N–H and O–H groups in total. The Kier molecular flexibility index (Phi) is 4.02. The Morgan fingerprint density at radius 1 is 1.04 bits per heavy atom. The summed E-state index contributed by atoms with van der Waals surface area (Å²) in [6.45, 7) is 1.96. The Labute approximate surface area is 134 Å². The highest BCUT2D eigenvalue weighted by molar-refractivity contribution is 7.89. The van der Waals surface area contributed by atoms with Crippen molar-refractivity contribution in [3.05, 3.63) is 60.4 Å². The summed E-state index contributed by atoms with van der Waals surface area (Å²) >= 11 is 0. The van der Waals surface area contributed by atoms with Crippen molar-refractivity contribution < 1.29 is 12.9 Å². The van der Waals surface area contributed by atoms with E-state index in [0.29, 0.717) is 23.4 Å². The minimum atomic E-state index is -3.76. The van der Waals surface area contributed by atoms with Crippen LogP contribution in [0.25, 0.3) is 22.4 Å². The van der Waals surface area contributed by atoms with Crippen molar-refractivity contribution in [2.24, 2.45) is 5.14 Å². The predicted octanol–water partition coefficient (Wildman–Crippen LogP) is 3.22. The zero-order valence-electron chi connectivity index (χ0n) is 12.6. The molecule has 0 unspecified atom stereocenters. The van der Waals surface area contributed by atoms with Gasteiger partial charge in [0.25, 0.3) is 0 Å². The maximum absolute atomic E-state index is 11.6. The molecular formula is C17H16N2O3S. The predicted molar refractivity (Wildman–Crippen MR) is 88.1 cm³/mol. The third kappa shape index (κ3) is 3.04. The molecule has 0 fully saturated rings. The van der Waals surface area contributed by atoms with Gasteiger partial charge in [0.15, 0.2) is 0 Å². The number of hydrogen-bond acceptors (Lipinski definition) is 4. The quantitative estimate of drug-likeness (QED) is 0.796. The van der Waals surface area contributed by atoms with Crippen LogP contribution in [0.1, 0.15) is 12.7 Å². The van der Waals surface area contributed by atoms with Crippen molar-refractivity contribution in [1.29, 1.82) is 0 Å². The van der Waals surface area contributed by atoms with Gasteiger partial charge in [0.05, 0.1) is 10.5 Å². The zero-order chi connectivity index (χ0) is 16.4. The second-order valence-electron chi connectivity index (χ2n) is 5.12. The van der Waals surface area contributed by atoms with Crippen molar-refractivity contribution in [1.82, 2.24) is 5.16 Å². The Balaban J connectivity index is 2.22. The van der Waals surface area contributed by atoms with Crippen LogP contribution in [0.5, 0.6) is 0 Å². The van der Waals surface area contributed by atoms with Gasteiger partial charge in [-0.2, -0.15) is 0 Å². The van der Waals surface area contributed by atoms with Gasteiger partial charge < -0.3 is 4.52 Å². The third-order valence-electron chi connectivity index (χ3n) is 3.58. The van der Waals surface area contributed by atoms with Crippen molar-refractivity contribution in [3.8, 4) is 22.4 Å². The van der Waals surface area contributed by atoms with Gasteiger partial charge in [-0.25, -0.2) is 13.6 Å². The highest BCUT2D eigenvalue weighted by Crippen LogP contribution is 2.35. The summed E-state index contributed by atoms with van der Waals surface area (Å²) in [5.74, 6) is 0.704. The van der Waals surface area contributed by atoms with E-state index in [1.54, 1.807) is 12.1 Å². The van der Waals surface area contributed by atoms with Crippen LogP contribution in [0.3, 0.4) is 0 Å². The fourth-order valence-electron chi connectivity index (χ4n) is 2.48. The van der Waals surface area contributed by atoms with Gasteiger partial charge in [-0.3, -0.25) is 0 Å². The topological polar surface area (TPSA) is 86.2 Å². The first-order chi connectivity index (χ1) is 11.0. The van der Waals surface area contributed by atoms with Crippen molar-refractivity contribution in [3.63, 3.8) is 0 Å². The SMILES string of the molecule is CCc1onc(-c2ccccc2)c1-c1cccc(S(N)(=O)=O)c1. The number of hydrogen-bond donors (Lipinski definition) is 1. The number of nitrogens with zero attached hydrogens (tertiary/aromatic N) is 1. The van der Waals surface area contributed by atoms with Crippen LogP contribution in [0, 0.1) is 0 Å². The monoisotopic (exact) mass is 328 g/mol. The van der Waals surface area contributed by atoms with Crippen LogP contribution in [-0.2, 0) is 16.4 Å². The van der Waals surface area contributed by atoms with Gasteiger partial charge in [-0.15, -0.1) is 0 Å². The number of primary sulfonamides is 1. The molecule has 3 aromatic rings. The summed E-state index contributed by atoms with van der Waals surface area (Å²) in [5.41, 5.74) is 3.11. The highest BCUT2D eigenvalue weighted by atomic mass is 32.2. The third-order valence-corrected chi connectivity index (χ3v) is 4.49. The van der Waals surface area contributed by atoms with E-state index in [2.05, 4.69) is 5.16 Å². The van der Waals surface area contributed by atoms with Crippen LogP contribution in [0.4, 0.5) is 0 Å². The Bertz CT molecular complexity index is 931. The Morgan fingerprint density at radius 2 is 1.74 bits per heavy atom. The van der Waals surface area contributed by atoms with Gasteiger partial charge in [0, 0.05) is 12.0 Å². The van der Waals surface area contributed by atoms with Crippen LogP contribution >= 0.6 is 0 Å². The van der Waals surface area contributed by atoms with Crippen LogP contribution in [0.2, 0.25) is 0 Å². The molecule has 6 heteroatoms. The van der Waals surface area contributed by atoms with E-state index in [-0.39, 0.29) is 4.90 Å². The Morgan fingerprint density at radius 3 is 2.39 bits per heavy atom. The molecule has 2 aromatic carbocycles. The fourth-order valence-corrected chi connectivity index (χ4v) is 3.04. The lowest BCUT2D eigenvalue weighted by atomic mass is 9.98. The van der Waals surface area contributed by atoms with E-state index in [4.69, 9.17) is 9.66 Å². The molecule has 0 bridgehead atoms. The van der Waals surface area contributed by atoms with E-state index in [1.807, 2.05) is 43.3 Å². The molecule has 0 spiro atoms. The molecule has 118 valence electrons. The second-order valence-corrected chi connectivity index (χ2v) is 6.68. The summed E-state index contributed by atoms with van der Waals surface area (Å²) in [6, 6.07) is 16.1. The van der Waals surface area contributed by atoms with E-state index >= 15 is 0 Å². The lowest BCUT2D eigenvalue weighted by molar-refractivity contribution is 0.389. The number of aromatic nitrogens is 1. The number of nitrogens with two attached hydrogens (primary N) is 1. The zero-order valence-corrected chi connectivity index (χ0v) is 13.4. The summed E-state index contributed by atoms with van der Waals surface area (Å²) in [4.78, 5) is 0.0669. The van der Waals surface area contributed by atoms with Gasteiger partial charge in [0.2, 0.25) is 10.0 Å². The molecule has 0 atom stereocenters. The molecule has 1 heterocycles. The molecule has 0 saturated heterocycles. The molecule has 0 radical (unpaired) electrons. The molecule has 0 saturated carbocycles. The van der Waals surface area contributed by atoms with Crippen LogP contribution in [0.15, 0.2) is 64.0 Å². The van der Waals surface area contributed by atoms with E-state index in [1.165, 1.54) is 6.07 Å². The molecular weight excluding hydrogens is 312 g/mol.